The molecule has 0 spiro atoms. The number of hydrogen-bond donors (Lipinski definition) is 0. The summed E-state index contributed by atoms with van der Waals surface area (Å²) >= 11 is 0. The molecule has 0 amide bonds. The highest BCUT2D eigenvalue weighted by Crippen LogP contribution is 2.25. The van der Waals surface area contributed by atoms with Gasteiger partial charge in [0.05, 0.1) is 18.4 Å². The van der Waals surface area contributed by atoms with Gasteiger partial charge in [0.15, 0.2) is 5.82 Å². The summed E-state index contributed by atoms with van der Waals surface area (Å²) in [6.07, 6.45) is 1.84. The van der Waals surface area contributed by atoms with Gasteiger partial charge < -0.3 is 9.32 Å². The molecule has 2 aromatic heterocycles. The van der Waals surface area contributed by atoms with Crippen LogP contribution in [0.3, 0.4) is 0 Å². The van der Waals surface area contributed by atoms with Crippen LogP contribution >= 0.6 is 0 Å². The molecule has 0 radical (unpaired) electrons. The minimum atomic E-state index is 0.0358. The highest BCUT2D eigenvalue weighted by atomic mass is 16.4. The van der Waals surface area contributed by atoms with Gasteiger partial charge in [-0.2, -0.15) is 5.10 Å². The molecule has 0 unspecified atom stereocenters. The summed E-state index contributed by atoms with van der Waals surface area (Å²) in [7, 11) is 2.12. The van der Waals surface area contributed by atoms with Crippen LogP contribution in [0.1, 0.15) is 57.9 Å². The molecule has 0 bridgehead atoms. The molecule has 3 heterocycles. The van der Waals surface area contributed by atoms with Crippen LogP contribution in [-0.2, 0) is 12.0 Å². The van der Waals surface area contributed by atoms with E-state index >= 15 is 0 Å². The Kier molecular flexibility index (Phi) is 4.82. The molecule has 1 saturated heterocycles. The fourth-order valence-corrected chi connectivity index (χ4v) is 2.82. The molecule has 1 fully saturated rings. The molecule has 0 aromatic carbocycles. The fraction of sp³-hybridized carbons (Fsp3) is 0.632. The van der Waals surface area contributed by atoms with E-state index in [0.717, 1.165) is 42.8 Å². The van der Waals surface area contributed by atoms with E-state index in [1.807, 2.05) is 6.20 Å². The Morgan fingerprint density at radius 2 is 1.96 bits per heavy atom. The van der Waals surface area contributed by atoms with Crippen molar-refractivity contribution in [1.82, 2.24) is 20.1 Å². The second kappa shape index (κ2) is 6.75. The standard InChI is InChI=1S/C19H29N5O/c1-13(2)15-9-20-18(25-15)12-23(6)14-10-24(11-14)17-8-7-16(21-22-17)19(3,4)5/h7-9,13-14H,10-12H2,1-6H3. The lowest BCUT2D eigenvalue weighted by Crippen LogP contribution is -2.58. The summed E-state index contributed by atoms with van der Waals surface area (Å²) in [6, 6.07) is 4.64. The molecular formula is C19H29N5O. The molecule has 136 valence electrons. The molecular weight excluding hydrogens is 314 g/mol. The van der Waals surface area contributed by atoms with Gasteiger partial charge in [-0.15, -0.1) is 5.10 Å². The van der Waals surface area contributed by atoms with Crippen molar-refractivity contribution >= 4 is 5.82 Å². The first-order valence-corrected chi connectivity index (χ1v) is 8.98. The highest BCUT2D eigenvalue weighted by molar-refractivity contribution is 5.42. The van der Waals surface area contributed by atoms with Gasteiger partial charge in [-0.1, -0.05) is 34.6 Å². The predicted molar refractivity (Wildman–Crippen MR) is 98.8 cm³/mol. The molecule has 1 aliphatic heterocycles. The van der Waals surface area contributed by atoms with E-state index in [1.165, 1.54) is 0 Å². The van der Waals surface area contributed by atoms with E-state index in [0.29, 0.717) is 12.0 Å². The lowest BCUT2D eigenvalue weighted by molar-refractivity contribution is 0.179. The van der Waals surface area contributed by atoms with Crippen molar-refractivity contribution in [2.24, 2.45) is 0 Å². The molecule has 6 heteroatoms. The third-order valence-corrected chi connectivity index (χ3v) is 4.75. The second-order valence-corrected chi connectivity index (χ2v) is 8.31. The van der Waals surface area contributed by atoms with Crippen molar-refractivity contribution in [3.63, 3.8) is 0 Å². The van der Waals surface area contributed by atoms with E-state index in [4.69, 9.17) is 4.42 Å². The number of hydrogen-bond acceptors (Lipinski definition) is 6. The molecule has 6 nitrogen and oxygen atoms in total. The fourth-order valence-electron chi connectivity index (χ4n) is 2.82. The van der Waals surface area contributed by atoms with Gasteiger partial charge in [0, 0.05) is 30.5 Å². The first-order chi connectivity index (χ1) is 11.7. The minimum Gasteiger partial charge on any atom is -0.444 e. The van der Waals surface area contributed by atoms with E-state index in [9.17, 15) is 0 Å². The molecule has 0 saturated carbocycles. The maximum absolute atomic E-state index is 5.80. The maximum Gasteiger partial charge on any atom is 0.208 e. The minimum absolute atomic E-state index is 0.0358. The summed E-state index contributed by atoms with van der Waals surface area (Å²) < 4.78 is 5.80. The lowest BCUT2D eigenvalue weighted by atomic mass is 9.92. The molecule has 3 rings (SSSR count). The van der Waals surface area contributed by atoms with Gasteiger partial charge in [0.25, 0.3) is 0 Å². The molecule has 25 heavy (non-hydrogen) atoms. The highest BCUT2D eigenvalue weighted by Gasteiger charge is 2.32. The molecule has 0 aliphatic carbocycles. The van der Waals surface area contributed by atoms with Crippen LogP contribution in [0.4, 0.5) is 5.82 Å². The Morgan fingerprint density at radius 3 is 2.48 bits per heavy atom. The quantitative estimate of drug-likeness (QED) is 0.831. The van der Waals surface area contributed by atoms with E-state index in [-0.39, 0.29) is 5.41 Å². The number of likely N-dealkylation sites (N-methyl/N-ethyl adjacent to an activating group) is 1. The van der Waals surface area contributed by atoms with Gasteiger partial charge in [-0.05, 0) is 19.2 Å². The van der Waals surface area contributed by atoms with Gasteiger partial charge in [-0.25, -0.2) is 4.98 Å². The van der Waals surface area contributed by atoms with Crippen molar-refractivity contribution in [1.29, 1.82) is 0 Å². The van der Waals surface area contributed by atoms with Crippen molar-refractivity contribution in [2.45, 2.75) is 58.5 Å². The average molecular weight is 343 g/mol. The summed E-state index contributed by atoms with van der Waals surface area (Å²) in [5.41, 5.74) is 1.06. The molecule has 2 aromatic rings. The second-order valence-electron chi connectivity index (χ2n) is 8.31. The van der Waals surface area contributed by atoms with Gasteiger partial charge in [-0.3, -0.25) is 4.90 Å². The Hall–Kier alpha value is -1.95. The van der Waals surface area contributed by atoms with Crippen LogP contribution in [0.5, 0.6) is 0 Å². The van der Waals surface area contributed by atoms with Crippen LogP contribution in [0.25, 0.3) is 0 Å². The Morgan fingerprint density at radius 1 is 1.24 bits per heavy atom. The first kappa shape index (κ1) is 17.9. The number of rotatable bonds is 5. The number of anilines is 1. The summed E-state index contributed by atoms with van der Waals surface area (Å²) in [4.78, 5) is 8.94. The Bertz CT molecular complexity index is 695. The van der Waals surface area contributed by atoms with Crippen LogP contribution in [0.2, 0.25) is 0 Å². The normalized spacial score (nSPS) is 15.9. The monoisotopic (exact) mass is 343 g/mol. The zero-order chi connectivity index (χ0) is 18.2. The van der Waals surface area contributed by atoms with Crippen LogP contribution in [0.15, 0.2) is 22.7 Å². The van der Waals surface area contributed by atoms with E-state index < -0.39 is 0 Å². The third kappa shape index (κ3) is 4.00. The van der Waals surface area contributed by atoms with Crippen LogP contribution < -0.4 is 4.90 Å². The number of nitrogens with zero attached hydrogens (tertiary/aromatic N) is 5. The summed E-state index contributed by atoms with van der Waals surface area (Å²) in [6.45, 7) is 13.3. The topological polar surface area (TPSA) is 58.3 Å². The average Bonchev–Trinajstić information content (AvgIpc) is 2.94. The zero-order valence-electron chi connectivity index (χ0n) is 16.2. The Labute approximate surface area is 150 Å². The van der Waals surface area contributed by atoms with Crippen LogP contribution in [-0.4, -0.2) is 46.3 Å². The SMILES string of the molecule is CC(C)c1cnc(CN(C)C2CN(c3ccc(C(C)(C)C)nn3)C2)o1. The number of oxazole rings is 1. The van der Waals surface area contributed by atoms with Crippen molar-refractivity contribution in [2.75, 3.05) is 25.0 Å². The molecule has 0 N–H and O–H groups in total. The third-order valence-electron chi connectivity index (χ3n) is 4.75. The molecule has 1 aliphatic rings. The van der Waals surface area contributed by atoms with Crippen molar-refractivity contribution < 1.29 is 4.42 Å². The number of aromatic nitrogens is 3. The van der Waals surface area contributed by atoms with E-state index in [2.05, 4.69) is 78.8 Å². The van der Waals surface area contributed by atoms with Gasteiger partial charge >= 0.3 is 0 Å². The van der Waals surface area contributed by atoms with Gasteiger partial charge in [0.2, 0.25) is 5.89 Å². The predicted octanol–water partition coefficient (Wildman–Crippen LogP) is 3.21. The maximum atomic E-state index is 5.80. The first-order valence-electron chi connectivity index (χ1n) is 8.98. The van der Waals surface area contributed by atoms with Gasteiger partial charge in [0.1, 0.15) is 5.76 Å². The smallest absolute Gasteiger partial charge is 0.208 e. The Balaban J connectivity index is 1.53. The molecule has 0 atom stereocenters. The van der Waals surface area contributed by atoms with Crippen molar-refractivity contribution in [3.8, 4) is 0 Å². The summed E-state index contributed by atoms with van der Waals surface area (Å²) in [5.74, 6) is 3.07. The zero-order valence-corrected chi connectivity index (χ0v) is 16.2. The van der Waals surface area contributed by atoms with Crippen molar-refractivity contribution in [3.05, 3.63) is 35.7 Å². The largest absolute Gasteiger partial charge is 0.444 e. The van der Waals surface area contributed by atoms with E-state index in [1.54, 1.807) is 0 Å². The lowest BCUT2D eigenvalue weighted by Gasteiger charge is -2.44. The van der Waals surface area contributed by atoms with Crippen LogP contribution in [0, 0.1) is 0 Å². The summed E-state index contributed by atoms with van der Waals surface area (Å²) in [5, 5.41) is 8.77.